The van der Waals surface area contributed by atoms with E-state index in [0.717, 1.165) is 28.8 Å². The Hall–Kier alpha value is -2.07. The van der Waals surface area contributed by atoms with E-state index in [-0.39, 0.29) is 11.9 Å². The van der Waals surface area contributed by atoms with Gasteiger partial charge >= 0.3 is 0 Å². The van der Waals surface area contributed by atoms with Crippen LogP contribution in [0, 0.1) is 18.3 Å². The zero-order valence-electron chi connectivity index (χ0n) is 12.1. The summed E-state index contributed by atoms with van der Waals surface area (Å²) < 4.78 is 1.76. The number of thiophene rings is 1. The molecule has 2 aromatic rings. The highest BCUT2D eigenvalue weighted by Crippen LogP contribution is 2.38. The van der Waals surface area contributed by atoms with Gasteiger partial charge in [0.1, 0.15) is 9.71 Å². The Morgan fingerprint density at radius 1 is 1.62 bits per heavy atom. The van der Waals surface area contributed by atoms with Crippen molar-refractivity contribution in [2.45, 2.75) is 32.2 Å². The molecule has 1 fully saturated rings. The molecular weight excluding hydrogens is 286 g/mol. The molecule has 2 heterocycles. The third-order valence-corrected chi connectivity index (χ3v) is 5.05. The first-order chi connectivity index (χ1) is 10.0. The van der Waals surface area contributed by atoms with E-state index in [1.165, 1.54) is 11.3 Å². The van der Waals surface area contributed by atoms with Crippen molar-refractivity contribution in [1.29, 1.82) is 5.26 Å². The molecule has 0 unspecified atom stereocenters. The van der Waals surface area contributed by atoms with Crippen LogP contribution in [0.15, 0.2) is 0 Å². The number of nitrogens with zero attached hydrogens (tertiary/aromatic N) is 4. The predicted octanol–water partition coefficient (Wildman–Crippen LogP) is 2.04. The van der Waals surface area contributed by atoms with Crippen LogP contribution in [0.3, 0.4) is 0 Å². The minimum atomic E-state index is -0.0501. The Morgan fingerprint density at radius 2 is 2.33 bits per heavy atom. The van der Waals surface area contributed by atoms with E-state index in [2.05, 4.69) is 11.2 Å². The van der Waals surface area contributed by atoms with Gasteiger partial charge in [0.25, 0.3) is 5.91 Å². The SMILES string of the molecule is Cc1nn(C)c2sc(C(=O)N(CCC#N)C3CC3)c(N)c12. The minimum absolute atomic E-state index is 0.0501. The molecule has 0 radical (unpaired) electrons. The van der Waals surface area contributed by atoms with Crippen LogP contribution in [-0.2, 0) is 7.05 Å². The number of amides is 1. The van der Waals surface area contributed by atoms with Crippen molar-refractivity contribution in [3.05, 3.63) is 10.6 Å². The second-order valence-electron chi connectivity index (χ2n) is 5.37. The number of nitriles is 1. The van der Waals surface area contributed by atoms with Gasteiger partial charge in [0.05, 0.1) is 29.3 Å². The first-order valence-electron chi connectivity index (χ1n) is 6.94. The van der Waals surface area contributed by atoms with Gasteiger partial charge in [-0.05, 0) is 19.8 Å². The predicted molar refractivity (Wildman–Crippen MR) is 82.0 cm³/mol. The maximum atomic E-state index is 12.8. The number of anilines is 1. The Labute approximate surface area is 126 Å². The van der Waals surface area contributed by atoms with E-state index in [1.807, 2.05) is 14.0 Å². The van der Waals surface area contributed by atoms with Crippen molar-refractivity contribution in [3.8, 4) is 6.07 Å². The molecule has 1 saturated carbocycles. The number of aryl methyl sites for hydroxylation is 2. The smallest absolute Gasteiger partial charge is 0.266 e. The lowest BCUT2D eigenvalue weighted by Crippen LogP contribution is -2.33. The van der Waals surface area contributed by atoms with Gasteiger partial charge in [-0.15, -0.1) is 11.3 Å². The lowest BCUT2D eigenvalue weighted by molar-refractivity contribution is 0.0753. The Balaban J connectivity index is 1.99. The van der Waals surface area contributed by atoms with E-state index in [9.17, 15) is 4.79 Å². The summed E-state index contributed by atoms with van der Waals surface area (Å²) in [5.41, 5.74) is 7.55. The van der Waals surface area contributed by atoms with Crippen LogP contribution >= 0.6 is 11.3 Å². The molecule has 0 aromatic carbocycles. The van der Waals surface area contributed by atoms with E-state index in [0.29, 0.717) is 23.5 Å². The molecule has 0 aliphatic heterocycles. The first kappa shape index (κ1) is 13.9. The molecule has 2 N–H and O–H groups in total. The maximum Gasteiger partial charge on any atom is 0.266 e. The monoisotopic (exact) mass is 303 g/mol. The summed E-state index contributed by atoms with van der Waals surface area (Å²) in [6.45, 7) is 2.37. The van der Waals surface area contributed by atoms with Gasteiger partial charge in [0, 0.05) is 19.6 Å². The summed E-state index contributed by atoms with van der Waals surface area (Å²) in [6.07, 6.45) is 2.39. The zero-order chi connectivity index (χ0) is 15.1. The van der Waals surface area contributed by atoms with Crippen molar-refractivity contribution >= 4 is 33.1 Å². The number of hydrogen-bond acceptors (Lipinski definition) is 5. The van der Waals surface area contributed by atoms with E-state index >= 15 is 0 Å². The fraction of sp³-hybridized carbons (Fsp3) is 0.500. The summed E-state index contributed by atoms with van der Waals surface area (Å²) in [4.78, 5) is 16.1. The Bertz CT molecular complexity index is 750. The van der Waals surface area contributed by atoms with Crippen LogP contribution in [0.2, 0.25) is 0 Å². The number of aromatic nitrogens is 2. The van der Waals surface area contributed by atoms with E-state index in [1.54, 1.807) is 9.58 Å². The van der Waals surface area contributed by atoms with Gasteiger partial charge in [0.2, 0.25) is 0 Å². The Morgan fingerprint density at radius 3 is 2.90 bits per heavy atom. The fourth-order valence-corrected chi connectivity index (χ4v) is 3.77. The van der Waals surface area contributed by atoms with Crippen LogP contribution < -0.4 is 5.73 Å². The molecule has 6 nitrogen and oxygen atoms in total. The van der Waals surface area contributed by atoms with Crippen molar-refractivity contribution in [1.82, 2.24) is 14.7 Å². The third kappa shape index (κ3) is 2.25. The molecule has 110 valence electrons. The second kappa shape index (κ2) is 5.04. The highest BCUT2D eigenvalue weighted by Gasteiger charge is 2.34. The number of nitrogens with two attached hydrogens (primary N) is 1. The lowest BCUT2D eigenvalue weighted by Gasteiger charge is -2.20. The van der Waals surface area contributed by atoms with Gasteiger partial charge in [-0.25, -0.2) is 0 Å². The van der Waals surface area contributed by atoms with Crippen LogP contribution in [0.1, 0.15) is 34.6 Å². The maximum absolute atomic E-state index is 12.8. The quantitative estimate of drug-likeness (QED) is 0.936. The average molecular weight is 303 g/mol. The summed E-state index contributed by atoms with van der Waals surface area (Å²) in [5, 5.41) is 14.0. The van der Waals surface area contributed by atoms with Crippen LogP contribution in [-0.4, -0.2) is 33.2 Å². The summed E-state index contributed by atoms with van der Waals surface area (Å²) in [6, 6.07) is 2.38. The summed E-state index contributed by atoms with van der Waals surface area (Å²) >= 11 is 1.39. The zero-order valence-corrected chi connectivity index (χ0v) is 12.9. The Kier molecular flexibility index (Phi) is 3.33. The number of hydrogen-bond donors (Lipinski definition) is 1. The number of nitrogen functional groups attached to an aromatic ring is 1. The standard InChI is InChI=1S/C14H17N5OS/c1-8-10-11(16)12(21-14(10)18(2)17-8)13(20)19(7-3-6-15)9-4-5-9/h9H,3-5,7,16H2,1-2H3. The molecule has 7 heteroatoms. The van der Waals surface area contributed by atoms with Gasteiger partial charge in [0.15, 0.2) is 0 Å². The average Bonchev–Trinajstić information content (AvgIpc) is 3.15. The molecule has 1 amide bonds. The number of carbonyl (C=O) groups excluding carboxylic acids is 1. The van der Waals surface area contributed by atoms with Crippen LogP contribution in [0.25, 0.3) is 10.2 Å². The van der Waals surface area contributed by atoms with E-state index < -0.39 is 0 Å². The van der Waals surface area contributed by atoms with Crippen molar-refractivity contribution in [2.24, 2.45) is 7.05 Å². The molecule has 2 aromatic heterocycles. The van der Waals surface area contributed by atoms with Crippen LogP contribution in [0.5, 0.6) is 0 Å². The second-order valence-corrected chi connectivity index (χ2v) is 6.37. The lowest BCUT2D eigenvalue weighted by atomic mass is 10.2. The number of rotatable bonds is 4. The highest BCUT2D eigenvalue weighted by atomic mass is 32.1. The molecule has 0 spiro atoms. The minimum Gasteiger partial charge on any atom is -0.397 e. The van der Waals surface area contributed by atoms with Gasteiger partial charge in [-0.3, -0.25) is 9.48 Å². The highest BCUT2D eigenvalue weighted by molar-refractivity contribution is 7.21. The molecule has 0 saturated heterocycles. The molecule has 21 heavy (non-hydrogen) atoms. The van der Waals surface area contributed by atoms with Crippen molar-refractivity contribution in [2.75, 3.05) is 12.3 Å². The van der Waals surface area contributed by atoms with E-state index in [4.69, 9.17) is 11.0 Å². The third-order valence-electron chi connectivity index (χ3n) is 3.79. The van der Waals surface area contributed by atoms with Gasteiger partial charge < -0.3 is 10.6 Å². The normalized spacial score (nSPS) is 14.3. The molecule has 1 aliphatic rings. The molecule has 3 rings (SSSR count). The summed E-state index contributed by atoms with van der Waals surface area (Å²) in [7, 11) is 1.86. The van der Waals surface area contributed by atoms with Crippen LogP contribution in [0.4, 0.5) is 5.69 Å². The van der Waals surface area contributed by atoms with Gasteiger partial charge in [-0.1, -0.05) is 0 Å². The fourth-order valence-electron chi connectivity index (χ4n) is 2.63. The molecule has 1 aliphatic carbocycles. The number of carbonyl (C=O) groups is 1. The van der Waals surface area contributed by atoms with Crippen molar-refractivity contribution in [3.63, 3.8) is 0 Å². The number of fused-ring (bicyclic) bond motifs is 1. The topological polar surface area (TPSA) is 87.9 Å². The van der Waals surface area contributed by atoms with Crippen molar-refractivity contribution < 1.29 is 4.79 Å². The van der Waals surface area contributed by atoms with Gasteiger partial charge in [-0.2, -0.15) is 10.4 Å². The molecule has 0 bridgehead atoms. The summed E-state index contributed by atoms with van der Waals surface area (Å²) in [5.74, 6) is -0.0501. The molecular formula is C14H17N5OS. The largest absolute Gasteiger partial charge is 0.397 e. The molecule has 0 atom stereocenters. The first-order valence-corrected chi connectivity index (χ1v) is 7.75.